The fourth-order valence-corrected chi connectivity index (χ4v) is 10.5. The van der Waals surface area contributed by atoms with Gasteiger partial charge in [-0.2, -0.15) is 10.2 Å². The van der Waals surface area contributed by atoms with Crippen LogP contribution in [0.1, 0.15) is 68.4 Å². The molecule has 0 radical (unpaired) electrons. The van der Waals surface area contributed by atoms with Gasteiger partial charge in [0.05, 0.1) is 23.0 Å². The van der Waals surface area contributed by atoms with Crippen LogP contribution in [0.15, 0.2) is 91.1 Å². The van der Waals surface area contributed by atoms with E-state index in [1.165, 1.54) is 56.3 Å². The van der Waals surface area contributed by atoms with Crippen LogP contribution in [-0.4, -0.2) is 103 Å². The number of nitrogens with one attached hydrogen (secondary N) is 1. The van der Waals surface area contributed by atoms with Crippen molar-refractivity contribution in [3.8, 4) is 17.0 Å². The summed E-state index contributed by atoms with van der Waals surface area (Å²) in [6.07, 6.45) is 10.8. The Morgan fingerprint density at radius 3 is 2.27 bits per heavy atom. The minimum atomic E-state index is -0.523. The standard InChI is InChI=1S/C46H57N7O2/c54-43-14-5-4-13-41(43)42-29-40(31-48-49-42)52-26-19-46(20-27-52,38-10-2-1-3-11-38)44(55)53-33-45(34-53)17-24-50(25-18-45)32-35-15-22-51(23-16-35)39-12-6-8-36(28-39)37-9-7-21-47-30-37/h1-6,8,10-14,28-29,31,35,37,47,54H,7,9,15-27,30,32-34H2. The Bertz CT molecular complexity index is 1920. The van der Waals surface area contributed by atoms with E-state index in [0.29, 0.717) is 23.1 Å². The maximum atomic E-state index is 14.6. The summed E-state index contributed by atoms with van der Waals surface area (Å²) in [6, 6.07) is 29.1. The first-order valence-electron chi connectivity index (χ1n) is 21.0. The Balaban J connectivity index is 0.777. The number of aromatic hydroxyl groups is 1. The number of amides is 1. The number of anilines is 2. The fraction of sp³-hybridized carbons (Fsp3) is 0.500. The molecule has 6 heterocycles. The molecule has 5 fully saturated rings. The first kappa shape index (κ1) is 36.2. The van der Waals surface area contributed by atoms with Gasteiger partial charge in [-0.3, -0.25) is 4.79 Å². The lowest BCUT2D eigenvalue weighted by Crippen LogP contribution is -2.66. The zero-order valence-electron chi connectivity index (χ0n) is 32.3. The van der Waals surface area contributed by atoms with E-state index in [0.717, 1.165) is 95.5 Å². The monoisotopic (exact) mass is 739 g/mol. The van der Waals surface area contributed by atoms with Crippen molar-refractivity contribution in [1.82, 2.24) is 25.3 Å². The highest BCUT2D eigenvalue weighted by molar-refractivity contribution is 5.89. The second-order valence-corrected chi connectivity index (χ2v) is 17.3. The van der Waals surface area contributed by atoms with E-state index in [9.17, 15) is 9.90 Å². The SMILES string of the molecule is O=C(N1CC2(CCN(CC3CCN(c4cccc(C5CCCNC5)c4)CC3)CC2)C1)C1(c2ccccc2)CCN(c2cnnc(-c3ccccc3O)c2)CC1. The predicted molar refractivity (Wildman–Crippen MR) is 220 cm³/mol. The van der Waals surface area contributed by atoms with Crippen molar-refractivity contribution in [3.63, 3.8) is 0 Å². The highest BCUT2D eigenvalue weighted by Gasteiger charge is 2.53. The van der Waals surface area contributed by atoms with Gasteiger partial charge in [0.1, 0.15) is 5.75 Å². The van der Waals surface area contributed by atoms with E-state index < -0.39 is 5.41 Å². The maximum absolute atomic E-state index is 14.6. The average molecular weight is 740 g/mol. The van der Waals surface area contributed by atoms with E-state index in [2.05, 4.69) is 83.6 Å². The molecule has 9 heteroatoms. The molecule has 9 nitrogen and oxygen atoms in total. The van der Waals surface area contributed by atoms with E-state index in [1.54, 1.807) is 12.3 Å². The molecule has 4 aromatic rings. The molecular weight excluding hydrogens is 683 g/mol. The molecule has 0 aliphatic carbocycles. The number of aromatic nitrogens is 2. The summed E-state index contributed by atoms with van der Waals surface area (Å²) in [7, 11) is 0. The minimum absolute atomic E-state index is 0.195. The van der Waals surface area contributed by atoms with E-state index in [4.69, 9.17) is 0 Å². The van der Waals surface area contributed by atoms with Crippen molar-refractivity contribution in [2.75, 3.05) is 81.8 Å². The van der Waals surface area contributed by atoms with Crippen LogP contribution in [0.3, 0.4) is 0 Å². The number of piperidine rings is 4. The minimum Gasteiger partial charge on any atom is -0.507 e. The van der Waals surface area contributed by atoms with E-state index >= 15 is 0 Å². The molecule has 1 spiro atoms. The molecule has 9 rings (SSSR count). The van der Waals surface area contributed by atoms with Gasteiger partial charge in [-0.15, -0.1) is 0 Å². The van der Waals surface area contributed by atoms with Crippen LogP contribution >= 0.6 is 0 Å². The number of para-hydroxylation sites is 1. The zero-order valence-corrected chi connectivity index (χ0v) is 32.3. The van der Waals surface area contributed by atoms with E-state index in [1.807, 2.05) is 30.3 Å². The lowest BCUT2D eigenvalue weighted by atomic mass is 9.67. The molecule has 5 saturated heterocycles. The molecule has 55 heavy (non-hydrogen) atoms. The molecule has 288 valence electrons. The summed E-state index contributed by atoms with van der Waals surface area (Å²) in [5, 5.41) is 22.6. The Hall–Kier alpha value is -4.47. The second-order valence-electron chi connectivity index (χ2n) is 17.3. The summed E-state index contributed by atoms with van der Waals surface area (Å²) >= 11 is 0. The first-order chi connectivity index (χ1) is 27.0. The summed E-state index contributed by atoms with van der Waals surface area (Å²) in [5.74, 6) is 1.93. The van der Waals surface area contributed by atoms with Gasteiger partial charge < -0.3 is 30.0 Å². The molecule has 3 aromatic carbocycles. The van der Waals surface area contributed by atoms with Crippen LogP contribution in [0, 0.1) is 11.3 Å². The topological polar surface area (TPSA) is 88.1 Å². The number of hydrogen-bond donors (Lipinski definition) is 2. The van der Waals surface area contributed by atoms with Crippen LogP contribution < -0.4 is 15.1 Å². The zero-order chi connectivity index (χ0) is 37.2. The molecule has 2 N–H and O–H groups in total. The third-order valence-corrected chi connectivity index (χ3v) is 13.9. The third-order valence-electron chi connectivity index (χ3n) is 13.9. The number of carbonyl (C=O) groups excluding carboxylic acids is 1. The van der Waals surface area contributed by atoms with Crippen molar-refractivity contribution in [2.45, 2.75) is 62.7 Å². The van der Waals surface area contributed by atoms with Crippen LogP contribution in [0.5, 0.6) is 5.75 Å². The largest absolute Gasteiger partial charge is 0.507 e. The molecule has 1 unspecified atom stereocenters. The molecule has 5 aliphatic rings. The Kier molecular flexibility index (Phi) is 10.2. The number of carbonyl (C=O) groups is 1. The average Bonchev–Trinajstić information content (AvgIpc) is 3.24. The van der Waals surface area contributed by atoms with E-state index in [-0.39, 0.29) is 11.2 Å². The molecule has 1 aromatic heterocycles. The van der Waals surface area contributed by atoms with Gasteiger partial charge >= 0.3 is 0 Å². The number of rotatable bonds is 8. The van der Waals surface area contributed by atoms with Crippen LogP contribution in [0.2, 0.25) is 0 Å². The second kappa shape index (κ2) is 15.6. The first-order valence-corrected chi connectivity index (χ1v) is 21.0. The Morgan fingerprint density at radius 2 is 1.53 bits per heavy atom. The van der Waals surface area contributed by atoms with Crippen LogP contribution in [0.25, 0.3) is 11.3 Å². The van der Waals surface area contributed by atoms with Gasteiger partial charge in [-0.1, -0.05) is 54.6 Å². The Morgan fingerprint density at radius 1 is 0.782 bits per heavy atom. The smallest absolute Gasteiger partial charge is 0.233 e. The number of phenolic OH excluding ortho intramolecular Hbond substituents is 1. The number of nitrogens with zero attached hydrogens (tertiary/aromatic N) is 6. The highest BCUT2D eigenvalue weighted by Crippen LogP contribution is 2.46. The highest BCUT2D eigenvalue weighted by atomic mass is 16.3. The van der Waals surface area contributed by atoms with Gasteiger partial charge in [-0.25, -0.2) is 0 Å². The van der Waals surface area contributed by atoms with Gasteiger partial charge in [0, 0.05) is 69.0 Å². The molecular formula is C46H57N7O2. The van der Waals surface area contributed by atoms with Crippen molar-refractivity contribution in [1.29, 1.82) is 0 Å². The van der Waals surface area contributed by atoms with Crippen molar-refractivity contribution in [2.24, 2.45) is 11.3 Å². The normalized spacial score (nSPS) is 23.1. The third kappa shape index (κ3) is 7.45. The van der Waals surface area contributed by atoms with Gasteiger partial charge in [0.15, 0.2) is 0 Å². The van der Waals surface area contributed by atoms with Crippen molar-refractivity contribution >= 4 is 17.3 Å². The Labute approximate surface area is 326 Å². The quantitative estimate of drug-likeness (QED) is 0.207. The fourth-order valence-electron chi connectivity index (χ4n) is 10.5. The number of benzene rings is 3. The molecule has 0 bridgehead atoms. The van der Waals surface area contributed by atoms with Gasteiger partial charge in [0.25, 0.3) is 0 Å². The molecule has 5 aliphatic heterocycles. The lowest BCUT2D eigenvalue weighted by Gasteiger charge is -2.57. The van der Waals surface area contributed by atoms with Gasteiger partial charge in [0.2, 0.25) is 5.91 Å². The van der Waals surface area contributed by atoms with Crippen molar-refractivity contribution < 1.29 is 9.90 Å². The number of likely N-dealkylation sites (tertiary alicyclic amines) is 2. The van der Waals surface area contributed by atoms with Gasteiger partial charge in [-0.05, 0) is 124 Å². The maximum Gasteiger partial charge on any atom is 0.233 e. The van der Waals surface area contributed by atoms with Crippen LogP contribution in [0.4, 0.5) is 11.4 Å². The molecule has 1 atom stereocenters. The number of hydrogen-bond acceptors (Lipinski definition) is 8. The van der Waals surface area contributed by atoms with Crippen molar-refractivity contribution in [3.05, 3.63) is 102 Å². The predicted octanol–water partition coefficient (Wildman–Crippen LogP) is 6.70. The summed E-state index contributed by atoms with van der Waals surface area (Å²) in [6.45, 7) is 11.4. The summed E-state index contributed by atoms with van der Waals surface area (Å²) < 4.78 is 0. The lowest BCUT2D eigenvalue weighted by molar-refractivity contribution is -0.154. The van der Waals surface area contributed by atoms with Crippen LogP contribution in [-0.2, 0) is 10.2 Å². The molecule has 1 amide bonds. The summed E-state index contributed by atoms with van der Waals surface area (Å²) in [4.78, 5) is 24.5. The summed E-state index contributed by atoms with van der Waals surface area (Å²) in [5.41, 5.74) is 6.10. The molecule has 0 saturated carbocycles. The number of phenols is 1.